The van der Waals surface area contributed by atoms with Gasteiger partial charge in [0.1, 0.15) is 22.3 Å². The number of fused-ring (bicyclic) bond motifs is 12. The molecule has 25 aromatic rings. The molecule has 0 amide bonds. The quantitative estimate of drug-likeness (QED) is 0.0911. The van der Waals surface area contributed by atoms with E-state index >= 15 is 0 Å². The molecule has 0 aliphatic carbocycles. The van der Waals surface area contributed by atoms with Crippen molar-refractivity contribution in [2.75, 3.05) is 9.80 Å². The smallest absolute Gasteiger partial charge is 0.136 e. The molecule has 0 unspecified atom stereocenters. The van der Waals surface area contributed by atoms with Gasteiger partial charge in [0.05, 0.1) is 22.1 Å². The molecule has 0 saturated carbocycles. The molecule has 0 spiro atoms. The van der Waals surface area contributed by atoms with E-state index in [0.717, 1.165) is 156 Å². The molecular formula is C126H84N4O2. The van der Waals surface area contributed by atoms with Crippen molar-refractivity contribution in [2.45, 2.75) is 0 Å². The Bertz CT molecular complexity index is 8510. The third-order valence-electron chi connectivity index (χ3n) is 26.0. The number of rotatable bonds is 17. The second kappa shape index (κ2) is 33.6. The highest BCUT2D eigenvalue weighted by atomic mass is 16.3. The van der Waals surface area contributed by atoms with Gasteiger partial charge in [-0.2, -0.15) is 0 Å². The Hall–Kier alpha value is -17.6. The molecule has 0 atom stereocenters. The van der Waals surface area contributed by atoms with E-state index in [1.54, 1.807) is 0 Å². The van der Waals surface area contributed by atoms with E-state index in [2.05, 4.69) is 504 Å². The van der Waals surface area contributed by atoms with Gasteiger partial charge in [0.15, 0.2) is 0 Å². The SMILES string of the molecule is c1ccc(-c2ccc(N(c3ccc(-c4ccccc4)cc3)c3cccc(-c4ccc(-c5ccc6c7ccccc7n(-c7ccccc7)c6c5)cc4-c4ccc5c(c4)oc4ccccc45)c3)cc2)cc1.c1ccc(-c2ccc(N(c3ccccc3)c3cccc(-c4ccc(-c5ccc6c7ccccc7n(-c7ccccc7)c6c5)cc4-c4ccc5c(c4)oc4ccccc45)c3)cc2)cc1. The molecule has 0 fully saturated rings. The fourth-order valence-electron chi connectivity index (χ4n) is 19.6. The lowest BCUT2D eigenvalue weighted by Crippen LogP contribution is -2.10. The topological polar surface area (TPSA) is 42.6 Å². The highest BCUT2D eigenvalue weighted by Gasteiger charge is 2.24. The lowest BCUT2D eigenvalue weighted by Gasteiger charge is -2.27. The number of para-hydroxylation sites is 7. The van der Waals surface area contributed by atoms with Crippen molar-refractivity contribution in [2.24, 2.45) is 0 Å². The lowest BCUT2D eigenvalue weighted by molar-refractivity contribution is 0.668. The first-order chi connectivity index (χ1) is 65.4. The monoisotopic (exact) mass is 1680 g/mol. The van der Waals surface area contributed by atoms with Crippen molar-refractivity contribution in [1.29, 1.82) is 0 Å². The summed E-state index contributed by atoms with van der Waals surface area (Å²) >= 11 is 0. The van der Waals surface area contributed by atoms with Gasteiger partial charge in [0.2, 0.25) is 0 Å². The van der Waals surface area contributed by atoms with E-state index in [1.165, 1.54) is 77.0 Å². The highest BCUT2D eigenvalue weighted by Crippen LogP contribution is 2.48. The van der Waals surface area contributed by atoms with Crippen LogP contribution in [0.2, 0.25) is 0 Å². The van der Waals surface area contributed by atoms with Crippen LogP contribution in [0.3, 0.4) is 0 Å². The van der Waals surface area contributed by atoms with Crippen LogP contribution < -0.4 is 9.80 Å². The summed E-state index contributed by atoms with van der Waals surface area (Å²) < 4.78 is 17.8. The van der Waals surface area contributed by atoms with Crippen LogP contribution in [0, 0.1) is 0 Å². The summed E-state index contributed by atoms with van der Waals surface area (Å²) in [6.07, 6.45) is 0. The zero-order valence-electron chi connectivity index (χ0n) is 72.1. The maximum atomic E-state index is 6.52. The number of furan rings is 2. The van der Waals surface area contributed by atoms with Gasteiger partial charge in [-0.1, -0.05) is 340 Å². The van der Waals surface area contributed by atoms with Crippen molar-refractivity contribution in [3.05, 3.63) is 510 Å². The average Bonchev–Trinajstić information content (AvgIpc) is 1.54. The molecule has 6 heteroatoms. The molecule has 0 aliphatic rings. The summed E-state index contributed by atoms with van der Waals surface area (Å²) in [5.74, 6) is 0. The third kappa shape index (κ3) is 14.5. The number of hydrogen-bond donors (Lipinski definition) is 0. The number of anilines is 6. The molecule has 4 heterocycles. The van der Waals surface area contributed by atoms with Crippen LogP contribution >= 0.6 is 0 Å². The highest BCUT2D eigenvalue weighted by molar-refractivity contribution is 6.13. The van der Waals surface area contributed by atoms with Crippen LogP contribution in [0.25, 0.3) is 199 Å². The molecule has 0 N–H and O–H groups in total. The molecular weight excluding hydrogens is 1600 g/mol. The van der Waals surface area contributed by atoms with Gasteiger partial charge < -0.3 is 27.8 Å². The summed E-state index contributed by atoms with van der Waals surface area (Å²) in [5.41, 5.74) is 37.7. The van der Waals surface area contributed by atoms with Gasteiger partial charge in [-0.3, -0.25) is 0 Å². The minimum absolute atomic E-state index is 0.872. The lowest BCUT2D eigenvalue weighted by atomic mass is 9.90. The second-order valence-electron chi connectivity index (χ2n) is 33.8. The first kappa shape index (κ1) is 77.9. The van der Waals surface area contributed by atoms with Gasteiger partial charge >= 0.3 is 0 Å². The van der Waals surface area contributed by atoms with E-state index in [0.29, 0.717) is 0 Å². The Balaban J connectivity index is 0.000000146. The molecule has 0 saturated heterocycles. The number of hydrogen-bond acceptors (Lipinski definition) is 4. The maximum absolute atomic E-state index is 6.52. The van der Waals surface area contributed by atoms with Crippen LogP contribution in [-0.2, 0) is 0 Å². The van der Waals surface area contributed by atoms with Gasteiger partial charge in [-0.05, 0) is 270 Å². The van der Waals surface area contributed by atoms with Crippen molar-refractivity contribution in [3.63, 3.8) is 0 Å². The second-order valence-corrected chi connectivity index (χ2v) is 33.8. The molecule has 0 aliphatic heterocycles. The Morgan fingerprint density at radius 2 is 0.394 bits per heavy atom. The summed E-state index contributed by atoms with van der Waals surface area (Å²) in [5, 5.41) is 9.43. The van der Waals surface area contributed by atoms with Crippen LogP contribution in [0.1, 0.15) is 0 Å². The molecule has 21 aromatic carbocycles. The zero-order chi connectivity index (χ0) is 87.4. The van der Waals surface area contributed by atoms with Crippen molar-refractivity contribution >= 4 is 122 Å². The van der Waals surface area contributed by atoms with E-state index in [4.69, 9.17) is 8.83 Å². The number of nitrogens with zero attached hydrogens (tertiary/aromatic N) is 4. The Labute approximate surface area is 765 Å². The van der Waals surface area contributed by atoms with Gasteiger partial charge in [0, 0.05) is 88.6 Å². The van der Waals surface area contributed by atoms with Crippen molar-refractivity contribution < 1.29 is 8.83 Å². The summed E-state index contributed by atoms with van der Waals surface area (Å²) in [4.78, 5) is 4.70. The first-order valence-corrected chi connectivity index (χ1v) is 45.1. The van der Waals surface area contributed by atoms with E-state index < -0.39 is 0 Å². The number of benzene rings is 21. The van der Waals surface area contributed by atoms with Crippen LogP contribution in [0.5, 0.6) is 0 Å². The Morgan fingerprint density at radius 3 is 0.788 bits per heavy atom. The Kier molecular flexibility index (Phi) is 19.9. The van der Waals surface area contributed by atoms with Gasteiger partial charge in [0.25, 0.3) is 0 Å². The van der Waals surface area contributed by atoms with Gasteiger partial charge in [-0.15, -0.1) is 0 Å². The van der Waals surface area contributed by atoms with Crippen LogP contribution in [0.15, 0.2) is 518 Å². The van der Waals surface area contributed by atoms with E-state index in [9.17, 15) is 0 Å². The predicted octanol–water partition coefficient (Wildman–Crippen LogP) is 35.3. The average molecular weight is 1690 g/mol. The van der Waals surface area contributed by atoms with E-state index in [1.807, 2.05) is 24.3 Å². The van der Waals surface area contributed by atoms with Gasteiger partial charge in [-0.25, -0.2) is 0 Å². The largest absolute Gasteiger partial charge is 0.456 e. The standard InChI is InChI=1S/C66H44N2O.C60H40N2O/c1-4-15-45(16-5-1)47-27-34-54(35-28-47)67(55-36-29-48(30-37-55)46-17-6-2-7-18-46)56-22-14-19-51(41-56)57-38-31-49(42-62(57)52-33-40-61-60-24-11-13-26-65(60)69-66(61)44-52)50-32-39-59-58-23-10-12-25-63(58)68(64(59)43-50)53-20-8-3-9-21-53;1-4-15-41(16-5-1)42-27-32-49(33-28-42)61(47-18-6-2-7-19-47)50-22-14-17-45(37-50)51-34-29-43(38-56(51)46-31-36-55-54-24-11-13-26-59(54)63-60(55)40-46)44-30-35-53-52-23-10-12-25-57(52)62(58(53)39-44)48-20-8-3-9-21-48/h1-44H;1-40H. The van der Waals surface area contributed by atoms with Crippen LogP contribution in [0.4, 0.5) is 34.1 Å². The molecule has 0 bridgehead atoms. The minimum atomic E-state index is 0.872. The van der Waals surface area contributed by atoms with Crippen molar-refractivity contribution in [3.8, 4) is 112 Å². The minimum Gasteiger partial charge on any atom is -0.456 e. The fourth-order valence-corrected chi connectivity index (χ4v) is 19.6. The first-order valence-electron chi connectivity index (χ1n) is 45.1. The predicted molar refractivity (Wildman–Crippen MR) is 554 cm³/mol. The fraction of sp³-hybridized carbons (Fsp3) is 0. The molecule has 4 aromatic heterocycles. The molecule has 132 heavy (non-hydrogen) atoms. The molecule has 620 valence electrons. The number of aromatic nitrogens is 2. The normalized spacial score (nSPS) is 11.5. The summed E-state index contributed by atoms with van der Waals surface area (Å²) in [6.45, 7) is 0. The molecule has 0 radical (unpaired) electrons. The van der Waals surface area contributed by atoms with Crippen molar-refractivity contribution in [1.82, 2.24) is 9.13 Å². The van der Waals surface area contributed by atoms with E-state index in [-0.39, 0.29) is 0 Å². The summed E-state index contributed by atoms with van der Waals surface area (Å²) in [7, 11) is 0. The molecule has 6 nitrogen and oxygen atoms in total. The zero-order valence-corrected chi connectivity index (χ0v) is 72.1. The molecule has 25 rings (SSSR count). The Morgan fingerprint density at radius 1 is 0.136 bits per heavy atom. The third-order valence-corrected chi connectivity index (χ3v) is 26.0. The van der Waals surface area contributed by atoms with Crippen LogP contribution in [-0.4, -0.2) is 9.13 Å². The summed E-state index contributed by atoms with van der Waals surface area (Å²) in [6, 6.07) is 183. The maximum Gasteiger partial charge on any atom is 0.136 e.